The number of carbonyl (C=O) groups excluding carboxylic acids is 2. The molecule has 1 atom stereocenters. The molecule has 1 N–H and O–H groups in total. The van der Waals surface area contributed by atoms with Crippen molar-refractivity contribution < 1.29 is 28.5 Å². The molecule has 9 heteroatoms. The van der Waals surface area contributed by atoms with Gasteiger partial charge >= 0.3 is 5.97 Å². The quantitative estimate of drug-likeness (QED) is 0.559. The monoisotopic (exact) mass is 471 g/mol. The van der Waals surface area contributed by atoms with Gasteiger partial charge in [0, 0.05) is 62.1 Å². The van der Waals surface area contributed by atoms with Crippen LogP contribution in [-0.4, -0.2) is 77.4 Å². The van der Waals surface area contributed by atoms with Gasteiger partial charge in [0.2, 0.25) is 11.7 Å². The number of rotatable bonds is 9. The molecule has 2 aromatic carbocycles. The van der Waals surface area contributed by atoms with Crippen molar-refractivity contribution in [1.82, 2.24) is 4.90 Å². The minimum atomic E-state index is -0.338. The highest BCUT2D eigenvalue weighted by Crippen LogP contribution is 2.39. The average Bonchev–Trinajstić information content (AvgIpc) is 2.86. The smallest absolute Gasteiger partial charge is 0.337 e. The lowest BCUT2D eigenvalue weighted by Crippen LogP contribution is -2.52. The van der Waals surface area contributed by atoms with Crippen molar-refractivity contribution in [2.45, 2.75) is 19.4 Å². The first-order chi connectivity index (χ1) is 16.4. The molecule has 1 saturated heterocycles. The Morgan fingerprint density at radius 1 is 0.971 bits per heavy atom. The highest BCUT2D eigenvalue weighted by atomic mass is 16.5. The number of nitrogens with one attached hydrogen (secondary N) is 1. The lowest BCUT2D eigenvalue weighted by atomic mass is 10.1. The van der Waals surface area contributed by atoms with Gasteiger partial charge in [-0.1, -0.05) is 0 Å². The van der Waals surface area contributed by atoms with Crippen molar-refractivity contribution in [2.75, 3.05) is 64.8 Å². The van der Waals surface area contributed by atoms with Crippen molar-refractivity contribution in [3.8, 4) is 17.2 Å². The largest absolute Gasteiger partial charge is 0.493 e. The predicted octanol–water partition coefficient (Wildman–Crippen LogP) is 3.04. The van der Waals surface area contributed by atoms with Gasteiger partial charge in [0.15, 0.2) is 11.5 Å². The minimum absolute atomic E-state index is 0.0812. The summed E-state index contributed by atoms with van der Waals surface area (Å²) in [5, 5.41) is 2.92. The van der Waals surface area contributed by atoms with Crippen molar-refractivity contribution >= 4 is 23.3 Å². The molecule has 1 fully saturated rings. The van der Waals surface area contributed by atoms with E-state index in [1.807, 2.05) is 12.1 Å². The third-order valence-corrected chi connectivity index (χ3v) is 5.99. The van der Waals surface area contributed by atoms with Crippen LogP contribution in [0.15, 0.2) is 36.4 Å². The molecule has 34 heavy (non-hydrogen) atoms. The highest BCUT2D eigenvalue weighted by molar-refractivity contribution is 5.91. The van der Waals surface area contributed by atoms with E-state index in [1.54, 1.807) is 24.3 Å². The molecule has 1 aliphatic rings. The second-order valence-corrected chi connectivity index (χ2v) is 8.08. The first-order valence-corrected chi connectivity index (χ1v) is 11.2. The van der Waals surface area contributed by atoms with E-state index in [4.69, 9.17) is 18.9 Å². The van der Waals surface area contributed by atoms with Crippen LogP contribution in [0.2, 0.25) is 0 Å². The van der Waals surface area contributed by atoms with Crippen molar-refractivity contribution in [3.63, 3.8) is 0 Å². The topological polar surface area (TPSA) is 89.6 Å². The Bertz CT molecular complexity index is 970. The number of carbonyl (C=O) groups is 2. The van der Waals surface area contributed by atoms with Crippen LogP contribution < -0.4 is 24.4 Å². The van der Waals surface area contributed by atoms with Crippen LogP contribution in [0.1, 0.15) is 23.7 Å². The Hall–Kier alpha value is -3.46. The molecular weight excluding hydrogens is 438 g/mol. The van der Waals surface area contributed by atoms with Crippen molar-refractivity contribution in [1.29, 1.82) is 0 Å². The fourth-order valence-corrected chi connectivity index (χ4v) is 4.11. The molecule has 9 nitrogen and oxygen atoms in total. The summed E-state index contributed by atoms with van der Waals surface area (Å²) in [5.74, 6) is 1.04. The first kappa shape index (κ1) is 25.2. The summed E-state index contributed by atoms with van der Waals surface area (Å²) in [5.41, 5.74) is 2.20. The Labute approximate surface area is 200 Å². The van der Waals surface area contributed by atoms with Crippen LogP contribution in [0.25, 0.3) is 0 Å². The molecule has 3 rings (SSSR count). The summed E-state index contributed by atoms with van der Waals surface area (Å²) >= 11 is 0. The maximum Gasteiger partial charge on any atom is 0.337 e. The second-order valence-electron chi connectivity index (χ2n) is 8.08. The molecule has 0 saturated carbocycles. The van der Waals surface area contributed by atoms with Crippen LogP contribution in [0.5, 0.6) is 17.2 Å². The average molecular weight is 472 g/mol. The Kier molecular flexibility index (Phi) is 8.59. The predicted molar refractivity (Wildman–Crippen MR) is 130 cm³/mol. The van der Waals surface area contributed by atoms with Gasteiger partial charge in [-0.15, -0.1) is 0 Å². The van der Waals surface area contributed by atoms with Gasteiger partial charge in [-0.05, 0) is 31.2 Å². The summed E-state index contributed by atoms with van der Waals surface area (Å²) in [6.07, 6.45) is 0.370. The molecule has 0 aromatic heterocycles. The third kappa shape index (κ3) is 5.91. The second kappa shape index (κ2) is 11.6. The zero-order valence-electron chi connectivity index (χ0n) is 20.4. The number of piperazine rings is 1. The van der Waals surface area contributed by atoms with E-state index in [0.717, 1.165) is 25.3 Å². The Morgan fingerprint density at radius 3 is 2.15 bits per heavy atom. The summed E-state index contributed by atoms with van der Waals surface area (Å²) in [6, 6.07) is 11.2. The van der Waals surface area contributed by atoms with Crippen LogP contribution in [0.4, 0.5) is 11.4 Å². The molecule has 2 aromatic rings. The number of hydrogen-bond acceptors (Lipinski definition) is 8. The van der Waals surface area contributed by atoms with Gasteiger partial charge in [-0.2, -0.15) is 0 Å². The summed E-state index contributed by atoms with van der Waals surface area (Å²) in [4.78, 5) is 28.9. The maximum atomic E-state index is 12.6. The van der Waals surface area contributed by atoms with Crippen molar-refractivity contribution in [3.05, 3.63) is 42.0 Å². The Morgan fingerprint density at radius 2 is 1.62 bits per heavy atom. The van der Waals surface area contributed by atoms with E-state index >= 15 is 0 Å². The summed E-state index contributed by atoms with van der Waals surface area (Å²) < 4.78 is 20.8. The number of ether oxygens (including phenoxy) is 4. The van der Waals surface area contributed by atoms with Crippen LogP contribution in [0.3, 0.4) is 0 Å². The van der Waals surface area contributed by atoms with Crippen molar-refractivity contribution in [2.24, 2.45) is 0 Å². The number of hydrogen-bond donors (Lipinski definition) is 1. The third-order valence-electron chi connectivity index (χ3n) is 5.99. The van der Waals surface area contributed by atoms with Gasteiger partial charge in [0.25, 0.3) is 0 Å². The van der Waals surface area contributed by atoms with Gasteiger partial charge < -0.3 is 29.2 Å². The normalized spacial score (nSPS) is 16.0. The SMILES string of the molecule is COC(=O)c1ccc(N2CCN(CCC(=O)Nc3cc(OC)c(OC)c(OC)c3)C(C)C2)cc1. The molecule has 0 aliphatic carbocycles. The maximum absolute atomic E-state index is 12.6. The fraction of sp³-hybridized carbons (Fsp3) is 0.440. The van der Waals surface area contributed by atoms with Gasteiger partial charge in [-0.3, -0.25) is 9.69 Å². The van der Waals surface area contributed by atoms with Gasteiger partial charge in [-0.25, -0.2) is 4.79 Å². The molecule has 0 bridgehead atoms. The zero-order chi connectivity index (χ0) is 24.7. The summed E-state index contributed by atoms with van der Waals surface area (Å²) in [7, 11) is 5.99. The number of esters is 1. The molecule has 1 aliphatic heterocycles. The summed E-state index contributed by atoms with van der Waals surface area (Å²) in [6.45, 7) is 5.35. The van der Waals surface area contributed by atoms with E-state index in [2.05, 4.69) is 22.0 Å². The molecule has 1 heterocycles. The minimum Gasteiger partial charge on any atom is -0.493 e. The van der Waals surface area contributed by atoms with E-state index in [1.165, 1.54) is 28.4 Å². The molecular formula is C25H33N3O6. The number of methoxy groups -OCH3 is 4. The lowest BCUT2D eigenvalue weighted by molar-refractivity contribution is -0.116. The molecule has 184 valence electrons. The molecule has 1 unspecified atom stereocenters. The van der Waals surface area contributed by atoms with E-state index in [-0.39, 0.29) is 17.9 Å². The van der Waals surface area contributed by atoms with E-state index < -0.39 is 0 Å². The van der Waals surface area contributed by atoms with Gasteiger partial charge in [0.1, 0.15) is 0 Å². The molecule has 0 radical (unpaired) electrons. The first-order valence-electron chi connectivity index (χ1n) is 11.2. The number of amides is 1. The van der Waals surface area contributed by atoms with E-state index in [0.29, 0.717) is 41.5 Å². The number of anilines is 2. The van der Waals surface area contributed by atoms with Crippen LogP contribution >= 0.6 is 0 Å². The highest BCUT2D eigenvalue weighted by Gasteiger charge is 2.24. The Balaban J connectivity index is 1.53. The standard InChI is InChI=1S/C25H33N3O6/c1-17-16-28(20-8-6-18(7-9-20)25(30)34-5)13-12-27(17)11-10-23(29)26-19-14-21(31-2)24(33-4)22(15-19)32-3/h6-9,14-15,17H,10-13,16H2,1-5H3,(H,26,29). The lowest BCUT2D eigenvalue weighted by Gasteiger charge is -2.41. The number of nitrogens with zero attached hydrogens (tertiary/aromatic N) is 2. The van der Waals surface area contributed by atoms with Crippen LogP contribution in [0, 0.1) is 0 Å². The van der Waals surface area contributed by atoms with E-state index in [9.17, 15) is 9.59 Å². The van der Waals surface area contributed by atoms with Gasteiger partial charge in [0.05, 0.1) is 34.0 Å². The molecule has 0 spiro atoms. The fourth-order valence-electron chi connectivity index (χ4n) is 4.11. The zero-order valence-corrected chi connectivity index (χ0v) is 20.4. The molecule has 1 amide bonds. The number of benzene rings is 2. The van der Waals surface area contributed by atoms with Crippen LogP contribution in [-0.2, 0) is 9.53 Å².